The van der Waals surface area contributed by atoms with Crippen LogP contribution in [0.2, 0.25) is 0 Å². The first-order valence-electron chi connectivity index (χ1n) is 3.12. The Morgan fingerprint density at radius 1 is 1.20 bits per heavy atom. The van der Waals surface area contributed by atoms with Crippen LogP contribution in [0.1, 0.15) is 0 Å². The van der Waals surface area contributed by atoms with Gasteiger partial charge in [-0.25, -0.2) is 0 Å². The summed E-state index contributed by atoms with van der Waals surface area (Å²) >= 11 is 0. The highest BCUT2D eigenvalue weighted by Gasteiger charge is 1.92. The molecule has 0 aliphatic rings. The molecule has 50 valence electrons. The number of rotatable bonds is 0. The van der Waals surface area contributed by atoms with Crippen molar-refractivity contribution in [1.29, 1.82) is 0 Å². The summed E-state index contributed by atoms with van der Waals surface area (Å²) < 4.78 is 0. The molecule has 0 saturated carbocycles. The van der Waals surface area contributed by atoms with Gasteiger partial charge in [-0.1, -0.05) is 0 Å². The van der Waals surface area contributed by atoms with E-state index in [-0.39, 0.29) is 0 Å². The third-order valence-electron chi connectivity index (χ3n) is 1.54. The van der Waals surface area contributed by atoms with E-state index >= 15 is 0 Å². The summed E-state index contributed by atoms with van der Waals surface area (Å²) in [5.41, 5.74) is 0.972. The molecule has 0 spiro atoms. The lowest BCUT2D eigenvalue weighted by molar-refractivity contribution is 0.476. The molecule has 10 heavy (non-hydrogen) atoms. The summed E-state index contributed by atoms with van der Waals surface area (Å²) in [5.74, 6) is 0.301. The number of fused-ring (bicyclic) bond motifs is 1. The highest BCUT2D eigenvalue weighted by Crippen LogP contribution is 2.17. The summed E-state index contributed by atoms with van der Waals surface area (Å²) in [6, 6.07) is 7.22. The predicted molar refractivity (Wildman–Crippen MR) is 40.0 cm³/mol. The van der Waals surface area contributed by atoms with Crippen molar-refractivity contribution in [3.63, 3.8) is 0 Å². The molecule has 2 nitrogen and oxygen atoms in total. The van der Waals surface area contributed by atoms with Gasteiger partial charge in [0.1, 0.15) is 5.75 Å². The number of benzene rings is 1. The monoisotopic (exact) mass is 134 g/mol. The molecule has 0 saturated heterocycles. The number of aromatic nitrogens is 1. The minimum absolute atomic E-state index is 0.301. The summed E-state index contributed by atoms with van der Waals surface area (Å²) in [5, 5.41) is 10.2. The van der Waals surface area contributed by atoms with Crippen LogP contribution in [0.4, 0.5) is 0 Å². The van der Waals surface area contributed by atoms with Gasteiger partial charge < -0.3 is 10.1 Å². The number of nitrogens with one attached hydrogen (secondary N) is 1. The maximum atomic E-state index is 9.03. The van der Waals surface area contributed by atoms with Crippen LogP contribution < -0.4 is 0 Å². The Kier molecular flexibility index (Phi) is 0.947. The summed E-state index contributed by atoms with van der Waals surface area (Å²) in [6.45, 7) is 0. The summed E-state index contributed by atoms with van der Waals surface area (Å²) in [4.78, 5) is 3.00. The zero-order valence-corrected chi connectivity index (χ0v) is 5.33. The maximum absolute atomic E-state index is 9.03. The van der Waals surface area contributed by atoms with Gasteiger partial charge in [-0.15, -0.1) is 0 Å². The topological polar surface area (TPSA) is 36.0 Å². The van der Waals surface area contributed by atoms with Gasteiger partial charge in [0.25, 0.3) is 0 Å². The van der Waals surface area contributed by atoms with Crippen molar-refractivity contribution in [3.05, 3.63) is 30.5 Å². The number of aromatic amines is 1. The minimum atomic E-state index is 0.301. The van der Waals surface area contributed by atoms with Crippen LogP contribution in [0, 0.1) is 0 Å². The van der Waals surface area contributed by atoms with Crippen molar-refractivity contribution in [1.82, 2.24) is 4.98 Å². The van der Waals surface area contributed by atoms with E-state index in [9.17, 15) is 0 Å². The molecule has 0 aliphatic heterocycles. The first-order chi connectivity index (χ1) is 4.86. The van der Waals surface area contributed by atoms with E-state index in [1.807, 2.05) is 18.3 Å². The van der Waals surface area contributed by atoms with E-state index in [4.69, 9.17) is 5.11 Å². The van der Waals surface area contributed by atoms with Gasteiger partial charge in [0.15, 0.2) is 0 Å². The zero-order chi connectivity index (χ0) is 6.97. The average Bonchev–Trinajstić information content (AvgIpc) is 2.33. The molecule has 0 radical (unpaired) electrons. The second kappa shape index (κ2) is 1.77. The second-order valence-corrected chi connectivity index (χ2v) is 2.25. The molecule has 0 bridgehead atoms. The number of phenolic OH excluding ortho intramolecular Hbond substituents is 1. The zero-order valence-electron chi connectivity index (χ0n) is 5.33. The number of aromatic hydroxyl groups is 1. The van der Waals surface area contributed by atoms with Crippen molar-refractivity contribution in [2.45, 2.75) is 0 Å². The van der Waals surface area contributed by atoms with Crippen molar-refractivity contribution in [2.24, 2.45) is 0 Å². The van der Waals surface area contributed by atoms with Crippen molar-refractivity contribution >= 4 is 10.9 Å². The third kappa shape index (κ3) is 0.658. The molecule has 0 fully saturated rings. The first kappa shape index (κ1) is 5.35. The molecule has 2 aromatic rings. The minimum Gasteiger partial charge on any atom is -0.508 e. The van der Waals surface area contributed by atoms with E-state index < -0.39 is 0 Å². The molecule has 2 heteroatoms. The van der Waals surface area contributed by atoms with Gasteiger partial charge in [-0.05, 0) is 23.6 Å². The molecule has 0 aliphatic carbocycles. The van der Waals surface area contributed by atoms with E-state index in [0.29, 0.717) is 5.75 Å². The largest absolute Gasteiger partial charge is 0.508 e. The standard InChI is InChI=1S/C8H7NO/c10-7-2-1-6-3-4-9-8(6)5-7/h1-5,9-10H/i9+1. The molecule has 2 rings (SSSR count). The lowest BCUT2D eigenvalue weighted by Gasteiger charge is -1.89. The van der Waals surface area contributed by atoms with Crippen LogP contribution in [-0.2, 0) is 0 Å². The van der Waals surface area contributed by atoms with Crippen LogP contribution >= 0.6 is 0 Å². The highest BCUT2D eigenvalue weighted by molar-refractivity contribution is 5.80. The Morgan fingerprint density at radius 2 is 2.10 bits per heavy atom. The van der Waals surface area contributed by atoms with Crippen molar-refractivity contribution in [2.75, 3.05) is 0 Å². The number of hydrogen-bond donors (Lipinski definition) is 2. The normalized spacial score (nSPS) is 10.4. The van der Waals surface area contributed by atoms with Gasteiger partial charge in [-0.2, -0.15) is 0 Å². The molecule has 0 amide bonds. The fraction of sp³-hybridized carbons (Fsp3) is 0. The Balaban J connectivity index is 2.86. The molecule has 2 N–H and O–H groups in total. The Labute approximate surface area is 58.1 Å². The van der Waals surface area contributed by atoms with E-state index in [0.717, 1.165) is 10.9 Å². The highest BCUT2D eigenvalue weighted by atomic mass is 16.3. The second-order valence-electron chi connectivity index (χ2n) is 2.25. The summed E-state index contributed by atoms with van der Waals surface area (Å²) in [6.07, 6.45) is 1.85. The number of H-pyrrole nitrogens is 1. The number of phenols is 1. The average molecular weight is 134 g/mol. The van der Waals surface area contributed by atoms with Crippen molar-refractivity contribution in [3.8, 4) is 5.75 Å². The van der Waals surface area contributed by atoms with Crippen LogP contribution in [0.25, 0.3) is 10.9 Å². The fourth-order valence-corrected chi connectivity index (χ4v) is 1.04. The predicted octanol–water partition coefficient (Wildman–Crippen LogP) is 1.87. The van der Waals surface area contributed by atoms with E-state index in [1.54, 1.807) is 12.1 Å². The number of hydrogen-bond acceptors (Lipinski definition) is 1. The Hall–Kier alpha value is -1.44. The van der Waals surface area contributed by atoms with Crippen molar-refractivity contribution < 1.29 is 5.11 Å². The van der Waals surface area contributed by atoms with Gasteiger partial charge in [0, 0.05) is 17.8 Å². The molecule has 0 unspecified atom stereocenters. The Bertz CT molecular complexity index is 351. The molecular weight excluding hydrogens is 127 g/mol. The molecule has 1 heterocycles. The van der Waals surface area contributed by atoms with Gasteiger partial charge in [0.2, 0.25) is 0 Å². The van der Waals surface area contributed by atoms with Crippen LogP contribution in [-0.4, -0.2) is 10.1 Å². The lowest BCUT2D eigenvalue weighted by Crippen LogP contribution is -1.65. The van der Waals surface area contributed by atoms with E-state index in [2.05, 4.69) is 4.98 Å². The third-order valence-corrected chi connectivity index (χ3v) is 1.54. The molecular formula is C8H7NO. The van der Waals surface area contributed by atoms with Crippen LogP contribution in [0.5, 0.6) is 5.75 Å². The van der Waals surface area contributed by atoms with Crippen LogP contribution in [0.3, 0.4) is 0 Å². The smallest absolute Gasteiger partial charge is 0.117 e. The molecule has 1 aromatic carbocycles. The molecule has 1 aromatic heterocycles. The van der Waals surface area contributed by atoms with Crippen LogP contribution in [0.15, 0.2) is 30.5 Å². The van der Waals surface area contributed by atoms with E-state index in [1.165, 1.54) is 0 Å². The lowest BCUT2D eigenvalue weighted by atomic mass is 10.2. The van der Waals surface area contributed by atoms with Gasteiger partial charge in [-0.3, -0.25) is 0 Å². The maximum Gasteiger partial charge on any atom is 0.117 e. The Morgan fingerprint density at radius 3 is 3.00 bits per heavy atom. The SMILES string of the molecule is Oc1ccc2cc[15nH]c2c1. The quantitative estimate of drug-likeness (QED) is 0.567. The summed E-state index contributed by atoms with van der Waals surface area (Å²) in [7, 11) is 0. The molecule has 0 atom stereocenters. The van der Waals surface area contributed by atoms with Gasteiger partial charge in [0.05, 0.1) is 0 Å². The first-order valence-corrected chi connectivity index (χ1v) is 3.12. The van der Waals surface area contributed by atoms with Gasteiger partial charge >= 0.3 is 0 Å². The fourth-order valence-electron chi connectivity index (χ4n) is 1.04.